The monoisotopic (exact) mass is 242 g/mol. The third kappa shape index (κ3) is 2.09. The van der Waals surface area contributed by atoms with Crippen molar-refractivity contribution in [3.05, 3.63) is 45.8 Å². The summed E-state index contributed by atoms with van der Waals surface area (Å²) in [5.74, 6) is 8.33. The molecular formula is C14H10O2S. The Kier molecular flexibility index (Phi) is 2.66. The Morgan fingerprint density at radius 3 is 3.18 bits per heavy atom. The zero-order valence-corrected chi connectivity index (χ0v) is 9.97. The summed E-state index contributed by atoms with van der Waals surface area (Å²) in [5.41, 5.74) is 2.52. The summed E-state index contributed by atoms with van der Waals surface area (Å²) >= 11 is 1.89. The van der Waals surface area contributed by atoms with E-state index < -0.39 is 0 Å². The third-order valence-electron chi connectivity index (χ3n) is 2.70. The molecule has 1 aliphatic rings. The Balaban J connectivity index is 2.27. The van der Waals surface area contributed by atoms with E-state index in [0.717, 1.165) is 28.9 Å². The van der Waals surface area contributed by atoms with Crippen molar-refractivity contribution < 1.29 is 4.42 Å². The molecule has 0 fully saturated rings. The van der Waals surface area contributed by atoms with Crippen molar-refractivity contribution in [2.45, 2.75) is 12.2 Å². The fourth-order valence-corrected chi connectivity index (χ4v) is 2.71. The molecule has 0 aliphatic carbocycles. The fraction of sp³-hybridized carbons (Fsp3) is 0.214. The van der Waals surface area contributed by atoms with Crippen LogP contribution in [0.3, 0.4) is 0 Å². The number of fused-ring (bicyclic) bond motifs is 2. The highest BCUT2D eigenvalue weighted by Gasteiger charge is 2.07. The predicted octanol–water partition coefficient (Wildman–Crippen LogP) is 2.78. The Bertz CT molecular complexity index is 689. The molecule has 2 aromatic rings. The van der Waals surface area contributed by atoms with Gasteiger partial charge in [0.2, 0.25) is 0 Å². The van der Waals surface area contributed by atoms with Crippen LogP contribution >= 0.6 is 11.8 Å². The molecule has 0 amide bonds. The van der Waals surface area contributed by atoms with E-state index in [2.05, 4.69) is 17.9 Å². The highest BCUT2D eigenvalue weighted by atomic mass is 32.2. The molecule has 0 saturated carbocycles. The SMILES string of the molecule is O=c1ccc2cc3c(cc2o1)C#CCCSC3. The molecule has 1 aromatic carbocycles. The Morgan fingerprint density at radius 1 is 1.29 bits per heavy atom. The maximum atomic E-state index is 11.2. The van der Waals surface area contributed by atoms with Crippen LogP contribution in [0.1, 0.15) is 17.5 Å². The molecule has 0 atom stereocenters. The number of thioether (sulfide) groups is 1. The van der Waals surface area contributed by atoms with E-state index >= 15 is 0 Å². The summed E-state index contributed by atoms with van der Waals surface area (Å²) in [6.45, 7) is 0. The van der Waals surface area contributed by atoms with Crippen LogP contribution in [-0.2, 0) is 5.75 Å². The molecule has 0 radical (unpaired) electrons. The molecule has 1 aliphatic heterocycles. The minimum atomic E-state index is -0.314. The van der Waals surface area contributed by atoms with Crippen molar-refractivity contribution in [3.8, 4) is 11.8 Å². The molecule has 1 aromatic heterocycles. The van der Waals surface area contributed by atoms with Gasteiger partial charge in [-0.25, -0.2) is 4.79 Å². The quantitative estimate of drug-likeness (QED) is 0.525. The number of hydrogen-bond donors (Lipinski definition) is 0. The molecule has 2 nitrogen and oxygen atoms in total. The lowest BCUT2D eigenvalue weighted by Gasteiger charge is -2.08. The van der Waals surface area contributed by atoms with Gasteiger partial charge >= 0.3 is 5.63 Å². The predicted molar refractivity (Wildman–Crippen MR) is 70.1 cm³/mol. The molecule has 0 unspecified atom stereocenters. The summed E-state index contributed by atoms with van der Waals surface area (Å²) < 4.78 is 5.17. The maximum Gasteiger partial charge on any atom is 0.336 e. The van der Waals surface area contributed by atoms with E-state index in [4.69, 9.17) is 4.42 Å². The number of benzene rings is 1. The molecule has 3 rings (SSSR count). The Morgan fingerprint density at radius 2 is 2.24 bits per heavy atom. The topological polar surface area (TPSA) is 30.2 Å². The summed E-state index contributed by atoms with van der Waals surface area (Å²) in [7, 11) is 0. The van der Waals surface area contributed by atoms with E-state index in [-0.39, 0.29) is 5.63 Å². The highest BCUT2D eigenvalue weighted by Crippen LogP contribution is 2.23. The average Bonchev–Trinajstić information content (AvgIpc) is 2.29. The van der Waals surface area contributed by atoms with Gasteiger partial charge in [0.15, 0.2) is 0 Å². The molecular weight excluding hydrogens is 232 g/mol. The van der Waals surface area contributed by atoms with Crippen LogP contribution in [0, 0.1) is 11.8 Å². The second-order valence-electron chi connectivity index (χ2n) is 3.91. The standard InChI is InChI=1S/C14H10O2S/c15-14-5-4-11-7-12-9-17-6-2-1-3-10(12)8-13(11)16-14/h4-5,7-8H,2,6,9H2. The van der Waals surface area contributed by atoms with Gasteiger partial charge < -0.3 is 4.42 Å². The first-order chi connectivity index (χ1) is 8.33. The molecule has 0 saturated heterocycles. The zero-order valence-electron chi connectivity index (χ0n) is 9.16. The zero-order chi connectivity index (χ0) is 11.7. The first-order valence-electron chi connectivity index (χ1n) is 5.46. The average molecular weight is 242 g/mol. The van der Waals surface area contributed by atoms with Crippen molar-refractivity contribution in [2.75, 3.05) is 5.75 Å². The molecule has 0 spiro atoms. The van der Waals surface area contributed by atoms with Gasteiger partial charge in [0.25, 0.3) is 0 Å². The summed E-state index contributed by atoms with van der Waals surface area (Å²) in [6.07, 6.45) is 0.918. The summed E-state index contributed by atoms with van der Waals surface area (Å²) in [6, 6.07) is 7.21. The van der Waals surface area contributed by atoms with E-state index in [0.29, 0.717) is 5.58 Å². The molecule has 2 heterocycles. The van der Waals surface area contributed by atoms with Crippen LogP contribution in [0.25, 0.3) is 11.0 Å². The minimum Gasteiger partial charge on any atom is -0.423 e. The number of hydrogen-bond acceptors (Lipinski definition) is 3. The van der Waals surface area contributed by atoms with Gasteiger partial charge in [0.1, 0.15) is 5.58 Å². The van der Waals surface area contributed by atoms with Crippen molar-refractivity contribution in [3.63, 3.8) is 0 Å². The van der Waals surface area contributed by atoms with Gasteiger partial charge in [0.05, 0.1) is 0 Å². The van der Waals surface area contributed by atoms with Crippen LogP contribution in [0.5, 0.6) is 0 Å². The molecule has 3 heteroatoms. The Labute approximate surface area is 103 Å². The van der Waals surface area contributed by atoms with E-state index in [1.54, 1.807) is 6.07 Å². The van der Waals surface area contributed by atoms with E-state index in [9.17, 15) is 4.79 Å². The lowest BCUT2D eigenvalue weighted by Crippen LogP contribution is -1.97. The lowest BCUT2D eigenvalue weighted by molar-refractivity contribution is 0.561. The fourth-order valence-electron chi connectivity index (χ4n) is 1.86. The number of rotatable bonds is 0. The molecule has 0 bridgehead atoms. The van der Waals surface area contributed by atoms with Crippen molar-refractivity contribution in [1.29, 1.82) is 0 Å². The van der Waals surface area contributed by atoms with Crippen LogP contribution in [0.15, 0.2) is 33.5 Å². The van der Waals surface area contributed by atoms with Gasteiger partial charge in [-0.3, -0.25) is 0 Å². The smallest absolute Gasteiger partial charge is 0.336 e. The van der Waals surface area contributed by atoms with Crippen molar-refractivity contribution in [1.82, 2.24) is 0 Å². The molecule has 0 N–H and O–H groups in total. The van der Waals surface area contributed by atoms with Gasteiger partial charge in [-0.1, -0.05) is 11.8 Å². The second kappa shape index (κ2) is 4.31. The minimum absolute atomic E-state index is 0.314. The van der Waals surface area contributed by atoms with Crippen LogP contribution in [0.4, 0.5) is 0 Å². The summed E-state index contributed by atoms with van der Waals surface area (Å²) in [4.78, 5) is 11.2. The highest BCUT2D eigenvalue weighted by molar-refractivity contribution is 7.98. The van der Waals surface area contributed by atoms with Crippen molar-refractivity contribution in [2.24, 2.45) is 0 Å². The lowest BCUT2D eigenvalue weighted by atomic mass is 10.1. The van der Waals surface area contributed by atoms with Gasteiger partial charge in [0, 0.05) is 34.9 Å². The van der Waals surface area contributed by atoms with Gasteiger partial charge in [-0.05, 0) is 23.8 Å². The summed E-state index contributed by atoms with van der Waals surface area (Å²) in [5, 5.41) is 0.964. The second-order valence-corrected chi connectivity index (χ2v) is 5.01. The molecule has 17 heavy (non-hydrogen) atoms. The van der Waals surface area contributed by atoms with Gasteiger partial charge in [-0.2, -0.15) is 11.8 Å². The maximum absolute atomic E-state index is 11.2. The first kappa shape index (κ1) is 10.5. The van der Waals surface area contributed by atoms with E-state index in [1.165, 1.54) is 11.6 Å². The Hall–Kier alpha value is -1.66. The largest absolute Gasteiger partial charge is 0.423 e. The van der Waals surface area contributed by atoms with Gasteiger partial charge in [-0.15, -0.1) is 0 Å². The van der Waals surface area contributed by atoms with Crippen LogP contribution < -0.4 is 5.63 Å². The van der Waals surface area contributed by atoms with Crippen LogP contribution in [0.2, 0.25) is 0 Å². The normalized spacial score (nSPS) is 14.4. The third-order valence-corrected chi connectivity index (χ3v) is 3.71. The van der Waals surface area contributed by atoms with Crippen LogP contribution in [-0.4, -0.2) is 5.75 Å². The first-order valence-corrected chi connectivity index (χ1v) is 6.62. The van der Waals surface area contributed by atoms with E-state index in [1.807, 2.05) is 17.8 Å². The molecule has 84 valence electrons. The van der Waals surface area contributed by atoms with Crippen molar-refractivity contribution >= 4 is 22.7 Å².